The maximum absolute atomic E-state index is 13.2. The van der Waals surface area contributed by atoms with Crippen molar-refractivity contribution in [2.45, 2.75) is 39.2 Å². The minimum atomic E-state index is -0.722. The number of carbonyl (C=O) groups is 1. The Morgan fingerprint density at radius 2 is 2.04 bits per heavy atom. The molecule has 0 radical (unpaired) electrons. The van der Waals surface area contributed by atoms with Gasteiger partial charge in [0.25, 0.3) is 5.56 Å². The van der Waals surface area contributed by atoms with Crippen molar-refractivity contribution in [2.24, 2.45) is 5.92 Å². The first-order valence-electron chi connectivity index (χ1n) is 9.12. The Kier molecular flexibility index (Phi) is 5.21. The molecule has 0 aliphatic heterocycles. The van der Waals surface area contributed by atoms with E-state index in [9.17, 15) is 9.59 Å². The zero-order valence-corrected chi connectivity index (χ0v) is 17.8. The number of carbonyl (C=O) groups excluding carboxylic acids is 1. The molecule has 3 aromatic rings. The van der Waals surface area contributed by atoms with Crippen LogP contribution >= 0.6 is 34.5 Å². The topological polar surface area (TPSA) is 64.0 Å². The predicted molar refractivity (Wildman–Crippen MR) is 115 cm³/mol. The lowest BCUT2D eigenvalue weighted by Crippen LogP contribution is -2.32. The van der Waals surface area contributed by atoms with Gasteiger partial charge in [0, 0.05) is 20.6 Å². The van der Waals surface area contributed by atoms with Crippen molar-refractivity contribution in [3.05, 3.63) is 55.4 Å². The molecule has 1 aromatic carbocycles. The maximum Gasteiger partial charge on any atom is 0.263 e. The van der Waals surface area contributed by atoms with Crippen molar-refractivity contribution in [3.8, 4) is 0 Å². The Balaban J connectivity index is 1.67. The molecule has 5 nitrogen and oxygen atoms in total. The number of anilines is 1. The molecular formula is C20H19Cl2N3O2S. The average molecular weight is 436 g/mol. The largest absolute Gasteiger partial charge is 0.324 e. The van der Waals surface area contributed by atoms with Gasteiger partial charge in [-0.05, 0) is 55.9 Å². The summed E-state index contributed by atoms with van der Waals surface area (Å²) in [5.74, 6) is 0.288. The van der Waals surface area contributed by atoms with Crippen molar-refractivity contribution in [3.63, 3.8) is 0 Å². The average Bonchev–Trinajstić information content (AvgIpc) is 2.98. The number of benzene rings is 1. The van der Waals surface area contributed by atoms with E-state index in [4.69, 9.17) is 23.2 Å². The second-order valence-electron chi connectivity index (χ2n) is 7.31. The first-order chi connectivity index (χ1) is 13.3. The van der Waals surface area contributed by atoms with E-state index in [1.54, 1.807) is 36.5 Å². The van der Waals surface area contributed by atoms with Crippen LogP contribution in [0.5, 0.6) is 0 Å². The molecule has 2 unspecified atom stereocenters. The predicted octanol–water partition coefficient (Wildman–Crippen LogP) is 5.09. The fourth-order valence-electron chi connectivity index (χ4n) is 3.62. The van der Waals surface area contributed by atoms with Gasteiger partial charge in [-0.3, -0.25) is 14.2 Å². The number of rotatable bonds is 3. The summed E-state index contributed by atoms with van der Waals surface area (Å²) < 4.78 is 1.40. The minimum Gasteiger partial charge on any atom is -0.324 e. The quantitative estimate of drug-likeness (QED) is 0.622. The van der Waals surface area contributed by atoms with Gasteiger partial charge in [-0.2, -0.15) is 0 Å². The molecule has 0 bridgehead atoms. The molecule has 1 aliphatic rings. The Morgan fingerprint density at radius 1 is 1.32 bits per heavy atom. The minimum absolute atomic E-state index is 0.163. The smallest absolute Gasteiger partial charge is 0.263 e. The van der Waals surface area contributed by atoms with E-state index in [1.807, 2.05) is 0 Å². The molecule has 0 saturated carbocycles. The normalized spacial score (nSPS) is 17.4. The molecule has 2 heterocycles. The zero-order valence-electron chi connectivity index (χ0n) is 15.5. The van der Waals surface area contributed by atoms with Crippen LogP contribution in [0.2, 0.25) is 10.0 Å². The molecule has 8 heteroatoms. The summed E-state index contributed by atoms with van der Waals surface area (Å²) >= 11 is 13.6. The summed E-state index contributed by atoms with van der Waals surface area (Å²) in [5, 5.41) is 4.28. The van der Waals surface area contributed by atoms with Crippen LogP contribution in [-0.2, 0) is 17.6 Å². The number of aromatic nitrogens is 2. The second-order valence-corrected chi connectivity index (χ2v) is 9.27. The molecule has 0 saturated heterocycles. The number of nitrogens with zero attached hydrogens (tertiary/aromatic N) is 2. The Bertz CT molecular complexity index is 1120. The number of hydrogen-bond donors (Lipinski definition) is 1. The molecule has 4 rings (SSSR count). The summed E-state index contributed by atoms with van der Waals surface area (Å²) in [5.41, 5.74) is 1.43. The summed E-state index contributed by atoms with van der Waals surface area (Å²) in [6, 6.07) is 4.09. The lowest BCUT2D eigenvalue weighted by atomic mass is 9.89. The van der Waals surface area contributed by atoms with Gasteiger partial charge in [0.2, 0.25) is 5.91 Å². The van der Waals surface area contributed by atoms with Gasteiger partial charge >= 0.3 is 0 Å². The van der Waals surface area contributed by atoms with E-state index < -0.39 is 6.04 Å². The Hall–Kier alpha value is -1.89. The highest BCUT2D eigenvalue weighted by atomic mass is 35.5. The summed E-state index contributed by atoms with van der Waals surface area (Å²) in [6.07, 6.45) is 4.41. The molecule has 1 N–H and O–H groups in total. The molecule has 0 spiro atoms. The summed E-state index contributed by atoms with van der Waals surface area (Å²) in [7, 11) is 0. The number of thiophene rings is 1. The standard InChI is InChI=1S/C20H19Cl2N3O2S/c1-10-3-4-15-16(5-10)28-19-17(15)20(27)25(9-23-19)11(2)18(26)24-14-7-12(21)6-13(22)8-14/h6-11H,3-5H2,1-2H3,(H,24,26). The molecule has 1 amide bonds. The number of halogens is 2. The van der Waals surface area contributed by atoms with E-state index in [0.717, 1.165) is 29.7 Å². The van der Waals surface area contributed by atoms with Crippen LogP contribution in [0.3, 0.4) is 0 Å². The van der Waals surface area contributed by atoms with Crippen molar-refractivity contribution in [2.75, 3.05) is 5.32 Å². The molecule has 146 valence electrons. The van der Waals surface area contributed by atoms with Crippen LogP contribution < -0.4 is 10.9 Å². The van der Waals surface area contributed by atoms with E-state index in [0.29, 0.717) is 27.0 Å². The molecule has 0 fully saturated rings. The van der Waals surface area contributed by atoms with E-state index in [1.165, 1.54) is 15.8 Å². The zero-order chi connectivity index (χ0) is 20.0. The van der Waals surface area contributed by atoms with Gasteiger partial charge < -0.3 is 5.32 Å². The molecular weight excluding hydrogens is 417 g/mol. The third kappa shape index (κ3) is 3.56. The van der Waals surface area contributed by atoms with E-state index in [-0.39, 0.29) is 11.5 Å². The maximum atomic E-state index is 13.2. The van der Waals surface area contributed by atoms with Crippen LogP contribution in [0.15, 0.2) is 29.3 Å². The van der Waals surface area contributed by atoms with Gasteiger partial charge in [-0.25, -0.2) is 4.98 Å². The van der Waals surface area contributed by atoms with Crippen molar-refractivity contribution >= 4 is 56.3 Å². The van der Waals surface area contributed by atoms with Crippen molar-refractivity contribution < 1.29 is 4.79 Å². The van der Waals surface area contributed by atoms with E-state index >= 15 is 0 Å². The molecule has 2 atom stereocenters. The van der Waals surface area contributed by atoms with Crippen LogP contribution in [-0.4, -0.2) is 15.5 Å². The molecule has 2 aromatic heterocycles. The fraction of sp³-hybridized carbons (Fsp3) is 0.350. The van der Waals surface area contributed by atoms with Crippen molar-refractivity contribution in [1.29, 1.82) is 0 Å². The highest BCUT2D eigenvalue weighted by molar-refractivity contribution is 7.18. The third-order valence-corrected chi connectivity index (χ3v) is 6.77. The first-order valence-corrected chi connectivity index (χ1v) is 10.7. The van der Waals surface area contributed by atoms with Gasteiger partial charge in [-0.15, -0.1) is 11.3 Å². The number of amides is 1. The van der Waals surface area contributed by atoms with Gasteiger partial charge in [0.05, 0.1) is 11.7 Å². The van der Waals surface area contributed by atoms with Gasteiger partial charge in [0.15, 0.2) is 0 Å². The summed E-state index contributed by atoms with van der Waals surface area (Å²) in [4.78, 5) is 32.3. The van der Waals surface area contributed by atoms with Crippen molar-refractivity contribution in [1.82, 2.24) is 9.55 Å². The van der Waals surface area contributed by atoms with Crippen LogP contribution in [0, 0.1) is 5.92 Å². The number of aryl methyl sites for hydroxylation is 1. The monoisotopic (exact) mass is 435 g/mol. The number of fused-ring (bicyclic) bond motifs is 3. The van der Waals surface area contributed by atoms with Crippen LogP contribution in [0.1, 0.15) is 36.8 Å². The lowest BCUT2D eigenvalue weighted by molar-refractivity contribution is -0.118. The van der Waals surface area contributed by atoms with Gasteiger partial charge in [-0.1, -0.05) is 30.1 Å². The van der Waals surface area contributed by atoms with Crippen LogP contribution in [0.25, 0.3) is 10.2 Å². The Morgan fingerprint density at radius 3 is 2.75 bits per heavy atom. The SMILES string of the molecule is CC1CCc2c(sc3ncn(C(C)C(=O)Nc4cc(Cl)cc(Cl)c4)c(=O)c23)C1. The highest BCUT2D eigenvalue weighted by Crippen LogP contribution is 2.35. The first kappa shape index (κ1) is 19.4. The molecule has 28 heavy (non-hydrogen) atoms. The summed E-state index contributed by atoms with van der Waals surface area (Å²) in [6.45, 7) is 3.91. The Labute approximate surface area is 176 Å². The number of hydrogen-bond acceptors (Lipinski definition) is 4. The lowest BCUT2D eigenvalue weighted by Gasteiger charge is -2.18. The highest BCUT2D eigenvalue weighted by Gasteiger charge is 2.25. The van der Waals surface area contributed by atoms with Gasteiger partial charge in [0.1, 0.15) is 10.9 Å². The fourth-order valence-corrected chi connectivity index (χ4v) is 5.49. The number of nitrogens with one attached hydrogen (secondary N) is 1. The van der Waals surface area contributed by atoms with Crippen LogP contribution in [0.4, 0.5) is 5.69 Å². The third-order valence-electron chi connectivity index (χ3n) is 5.17. The second kappa shape index (κ2) is 7.50. The molecule has 1 aliphatic carbocycles. The van der Waals surface area contributed by atoms with E-state index in [2.05, 4.69) is 17.2 Å².